The van der Waals surface area contributed by atoms with Crippen LogP contribution in [-0.2, 0) is 11.0 Å². The first-order valence-corrected chi connectivity index (χ1v) is 6.75. The fourth-order valence-electron chi connectivity index (χ4n) is 1.34. The maximum absolute atomic E-state index is 11.5. The van der Waals surface area contributed by atoms with Gasteiger partial charge in [0.1, 0.15) is 11.0 Å². The van der Waals surface area contributed by atoms with E-state index >= 15 is 0 Å². The van der Waals surface area contributed by atoms with Crippen molar-refractivity contribution in [3.63, 3.8) is 0 Å². The molecule has 1 atom stereocenters. The highest BCUT2D eigenvalue weighted by Crippen LogP contribution is 2.30. The molecular weight excluding hydrogens is 246 g/mol. The molecule has 3 N–H and O–H groups in total. The van der Waals surface area contributed by atoms with Gasteiger partial charge in [-0.05, 0) is 23.6 Å². The maximum atomic E-state index is 11.5. The Kier molecular flexibility index (Phi) is 3.32. The molecular formula is C8H9N5OS2. The van der Waals surface area contributed by atoms with E-state index in [9.17, 15) is 4.21 Å². The van der Waals surface area contributed by atoms with Crippen molar-refractivity contribution >= 4 is 22.7 Å². The number of nitrogens with zero attached hydrogens (tertiary/aromatic N) is 3. The number of thioether (sulfide) groups is 1. The van der Waals surface area contributed by atoms with E-state index in [0.29, 0.717) is 16.3 Å². The maximum Gasteiger partial charge on any atom is 0.205 e. The third-order valence-corrected chi connectivity index (χ3v) is 3.74. The van der Waals surface area contributed by atoms with Crippen molar-refractivity contribution in [1.29, 1.82) is 0 Å². The standard InChI is InChI=1S/C8H9N5OS2/c1-15-6-4-2-3-5(7(6)16(9)14)8-10-12-13-11-8/h2-4H,9H2,1H3,(H,10,11,12,13). The number of rotatable bonds is 3. The van der Waals surface area contributed by atoms with E-state index in [1.165, 1.54) is 11.8 Å². The van der Waals surface area contributed by atoms with Crippen LogP contribution in [0.4, 0.5) is 0 Å². The van der Waals surface area contributed by atoms with E-state index in [1.54, 1.807) is 6.07 Å². The van der Waals surface area contributed by atoms with Gasteiger partial charge in [-0.2, -0.15) is 5.21 Å². The molecule has 0 amide bonds. The van der Waals surface area contributed by atoms with Gasteiger partial charge in [0.25, 0.3) is 0 Å². The van der Waals surface area contributed by atoms with E-state index in [2.05, 4.69) is 20.6 Å². The summed E-state index contributed by atoms with van der Waals surface area (Å²) >= 11 is 1.48. The van der Waals surface area contributed by atoms with Gasteiger partial charge in [0.05, 0.1) is 4.90 Å². The first-order chi connectivity index (χ1) is 7.74. The Morgan fingerprint density at radius 3 is 2.88 bits per heavy atom. The van der Waals surface area contributed by atoms with Crippen LogP contribution < -0.4 is 5.14 Å². The molecule has 0 saturated heterocycles. The van der Waals surface area contributed by atoms with Crippen LogP contribution in [0.3, 0.4) is 0 Å². The van der Waals surface area contributed by atoms with E-state index in [0.717, 1.165) is 4.90 Å². The summed E-state index contributed by atoms with van der Waals surface area (Å²) in [7, 11) is -1.58. The lowest BCUT2D eigenvalue weighted by molar-refractivity contribution is 0.683. The van der Waals surface area contributed by atoms with Crippen molar-refractivity contribution in [2.24, 2.45) is 5.14 Å². The second-order valence-electron chi connectivity index (χ2n) is 2.87. The molecule has 1 heterocycles. The number of benzene rings is 1. The van der Waals surface area contributed by atoms with Crippen LogP contribution in [0.1, 0.15) is 0 Å². The fraction of sp³-hybridized carbons (Fsp3) is 0.125. The minimum atomic E-state index is -1.58. The summed E-state index contributed by atoms with van der Waals surface area (Å²) in [4.78, 5) is 1.39. The van der Waals surface area contributed by atoms with Crippen LogP contribution in [0.2, 0.25) is 0 Å². The molecule has 1 unspecified atom stereocenters. The van der Waals surface area contributed by atoms with Crippen molar-refractivity contribution in [1.82, 2.24) is 20.6 Å². The van der Waals surface area contributed by atoms with Gasteiger partial charge < -0.3 is 0 Å². The zero-order valence-electron chi connectivity index (χ0n) is 8.38. The van der Waals surface area contributed by atoms with Crippen molar-refractivity contribution in [2.45, 2.75) is 9.79 Å². The zero-order valence-corrected chi connectivity index (χ0v) is 10.0. The molecule has 0 aliphatic carbocycles. The first kappa shape index (κ1) is 11.2. The number of nitrogens with two attached hydrogens (primary N) is 1. The number of H-pyrrole nitrogens is 1. The highest BCUT2D eigenvalue weighted by molar-refractivity contribution is 7.99. The van der Waals surface area contributed by atoms with Crippen molar-refractivity contribution in [3.8, 4) is 11.4 Å². The minimum absolute atomic E-state index is 0.393. The molecule has 0 fully saturated rings. The quantitative estimate of drug-likeness (QED) is 0.781. The lowest BCUT2D eigenvalue weighted by atomic mass is 10.2. The van der Waals surface area contributed by atoms with Gasteiger partial charge in [-0.15, -0.1) is 22.0 Å². The zero-order chi connectivity index (χ0) is 11.5. The molecule has 0 aliphatic rings. The van der Waals surface area contributed by atoms with E-state index in [4.69, 9.17) is 5.14 Å². The Morgan fingerprint density at radius 2 is 2.31 bits per heavy atom. The number of hydrogen-bond acceptors (Lipinski definition) is 5. The lowest BCUT2D eigenvalue weighted by Gasteiger charge is -2.07. The predicted octanol–water partition coefficient (Wildman–Crippen LogP) is 0.570. The molecule has 84 valence electrons. The van der Waals surface area contributed by atoms with Gasteiger partial charge in [0.15, 0.2) is 0 Å². The highest BCUT2D eigenvalue weighted by Gasteiger charge is 2.16. The molecule has 0 bridgehead atoms. The summed E-state index contributed by atoms with van der Waals surface area (Å²) in [5.74, 6) is 0.393. The third kappa shape index (κ3) is 1.99. The van der Waals surface area contributed by atoms with Crippen LogP contribution >= 0.6 is 11.8 Å². The Balaban J connectivity index is 2.65. The summed E-state index contributed by atoms with van der Waals surface area (Å²) in [5, 5.41) is 19.0. The normalized spacial score (nSPS) is 12.6. The molecule has 8 heteroatoms. The summed E-state index contributed by atoms with van der Waals surface area (Å²) in [5.41, 5.74) is 0.640. The Morgan fingerprint density at radius 1 is 1.50 bits per heavy atom. The topological polar surface area (TPSA) is 97.6 Å². The minimum Gasteiger partial charge on any atom is -0.248 e. The van der Waals surface area contributed by atoms with Crippen LogP contribution in [0.5, 0.6) is 0 Å². The second kappa shape index (κ2) is 4.73. The summed E-state index contributed by atoms with van der Waals surface area (Å²) in [6, 6.07) is 5.47. The third-order valence-electron chi connectivity index (χ3n) is 1.99. The van der Waals surface area contributed by atoms with Crippen molar-refractivity contribution in [2.75, 3.05) is 6.26 Å². The predicted molar refractivity (Wildman–Crippen MR) is 62.0 cm³/mol. The van der Waals surface area contributed by atoms with Crippen LogP contribution in [0.15, 0.2) is 28.0 Å². The van der Waals surface area contributed by atoms with Crippen molar-refractivity contribution < 1.29 is 4.21 Å². The lowest BCUT2D eigenvalue weighted by Crippen LogP contribution is -2.06. The van der Waals surface area contributed by atoms with Crippen LogP contribution in [0, 0.1) is 0 Å². The molecule has 6 nitrogen and oxygen atoms in total. The van der Waals surface area contributed by atoms with Gasteiger partial charge in [-0.25, -0.2) is 9.35 Å². The molecule has 1 aromatic heterocycles. The Hall–Kier alpha value is -1.25. The number of tetrazole rings is 1. The van der Waals surface area contributed by atoms with Gasteiger partial charge in [0.2, 0.25) is 5.82 Å². The molecule has 2 aromatic rings. The van der Waals surface area contributed by atoms with Crippen LogP contribution in [-0.4, -0.2) is 31.1 Å². The largest absolute Gasteiger partial charge is 0.248 e. The number of nitrogens with one attached hydrogen (secondary N) is 1. The average Bonchev–Trinajstić information content (AvgIpc) is 2.81. The Labute approximate surface area is 98.6 Å². The monoisotopic (exact) mass is 255 g/mol. The summed E-state index contributed by atoms with van der Waals surface area (Å²) in [6.45, 7) is 0. The van der Waals surface area contributed by atoms with Gasteiger partial charge in [-0.3, -0.25) is 0 Å². The summed E-state index contributed by atoms with van der Waals surface area (Å²) in [6.07, 6.45) is 1.89. The SMILES string of the molecule is CSc1cccc(-c2nn[nH]n2)c1S(N)=O. The molecule has 0 aliphatic heterocycles. The Bertz CT molecular complexity index is 513. The number of aromatic amines is 1. The first-order valence-electron chi connectivity index (χ1n) is 4.31. The molecule has 0 spiro atoms. The molecule has 0 saturated carbocycles. The molecule has 1 aromatic carbocycles. The molecule has 0 radical (unpaired) electrons. The van der Waals surface area contributed by atoms with Crippen LogP contribution in [0.25, 0.3) is 11.4 Å². The van der Waals surface area contributed by atoms with E-state index in [-0.39, 0.29) is 0 Å². The number of hydrogen-bond donors (Lipinski definition) is 2. The average molecular weight is 255 g/mol. The highest BCUT2D eigenvalue weighted by atomic mass is 32.2. The van der Waals surface area contributed by atoms with E-state index in [1.807, 2.05) is 18.4 Å². The molecule has 2 rings (SSSR count). The van der Waals surface area contributed by atoms with Gasteiger partial charge >= 0.3 is 0 Å². The summed E-state index contributed by atoms with van der Waals surface area (Å²) < 4.78 is 11.5. The van der Waals surface area contributed by atoms with Crippen molar-refractivity contribution in [3.05, 3.63) is 18.2 Å². The second-order valence-corrected chi connectivity index (χ2v) is 4.72. The van der Waals surface area contributed by atoms with E-state index < -0.39 is 11.0 Å². The number of aromatic nitrogens is 4. The molecule has 16 heavy (non-hydrogen) atoms. The van der Waals surface area contributed by atoms with Gasteiger partial charge in [-0.1, -0.05) is 6.07 Å². The smallest absolute Gasteiger partial charge is 0.205 e. The fourth-order valence-corrected chi connectivity index (χ4v) is 2.98. The van der Waals surface area contributed by atoms with Gasteiger partial charge in [0, 0.05) is 10.5 Å².